The van der Waals surface area contributed by atoms with Gasteiger partial charge in [-0.15, -0.1) is 12.4 Å². The first-order valence-corrected chi connectivity index (χ1v) is 8.20. The second kappa shape index (κ2) is 5.58. The van der Waals surface area contributed by atoms with Crippen molar-refractivity contribution in [1.82, 2.24) is 10.1 Å². The predicted molar refractivity (Wildman–Crippen MR) is 98.7 cm³/mol. The Hall–Kier alpha value is -2.37. The van der Waals surface area contributed by atoms with E-state index in [1.807, 2.05) is 19.1 Å². The van der Waals surface area contributed by atoms with Gasteiger partial charge >= 0.3 is 0 Å². The Morgan fingerprint density at radius 1 is 1.08 bits per heavy atom. The number of hydrogen-bond acceptors (Lipinski definition) is 5. The summed E-state index contributed by atoms with van der Waals surface area (Å²) in [5.41, 5.74) is 7.71. The fourth-order valence-electron chi connectivity index (χ4n) is 3.45. The van der Waals surface area contributed by atoms with Crippen molar-refractivity contribution < 1.29 is 8.94 Å². The fraction of sp³-hybridized carbons (Fsp3) is 0.263. The van der Waals surface area contributed by atoms with Crippen molar-refractivity contribution in [2.75, 3.05) is 0 Å². The lowest BCUT2D eigenvalue weighted by Crippen LogP contribution is -2.44. The van der Waals surface area contributed by atoms with Crippen LogP contribution in [-0.4, -0.2) is 10.1 Å². The van der Waals surface area contributed by atoms with Crippen LogP contribution in [0.4, 0.5) is 0 Å². The van der Waals surface area contributed by atoms with Crippen LogP contribution in [0.2, 0.25) is 0 Å². The molecular weight excluding hydrogens is 338 g/mol. The molecule has 0 saturated heterocycles. The van der Waals surface area contributed by atoms with Crippen LogP contribution in [0, 0.1) is 6.92 Å². The summed E-state index contributed by atoms with van der Waals surface area (Å²) < 4.78 is 11.6. The standard InChI is InChI=1S/C19H17N3O2.ClH/c1-11-13-8-7-12-5-2-3-6-14(12)16(13)23-15(11)17-21-18(22-24-17)19(20)9-4-10-19;/h2-3,5-8H,4,9-10,20H2,1H3;1H. The molecule has 2 aromatic carbocycles. The van der Waals surface area contributed by atoms with Gasteiger partial charge < -0.3 is 14.7 Å². The number of fused-ring (bicyclic) bond motifs is 3. The summed E-state index contributed by atoms with van der Waals surface area (Å²) >= 11 is 0. The van der Waals surface area contributed by atoms with Gasteiger partial charge in [0.1, 0.15) is 5.58 Å². The smallest absolute Gasteiger partial charge is 0.294 e. The third-order valence-corrected chi connectivity index (χ3v) is 5.14. The number of benzene rings is 2. The SMILES string of the molecule is Cc1c(-c2nc(C3(N)CCC3)no2)oc2c1ccc1ccccc12.Cl. The Labute approximate surface area is 150 Å². The topological polar surface area (TPSA) is 78.1 Å². The molecular formula is C19H18ClN3O2. The van der Waals surface area contributed by atoms with E-state index in [9.17, 15) is 0 Å². The maximum absolute atomic E-state index is 6.29. The summed E-state index contributed by atoms with van der Waals surface area (Å²) in [5.74, 6) is 1.61. The van der Waals surface area contributed by atoms with E-state index in [1.165, 1.54) is 0 Å². The van der Waals surface area contributed by atoms with Gasteiger partial charge in [0, 0.05) is 16.3 Å². The first kappa shape index (κ1) is 16.1. The summed E-state index contributed by atoms with van der Waals surface area (Å²) in [6.07, 6.45) is 2.90. The van der Waals surface area contributed by atoms with Gasteiger partial charge in [0.05, 0.1) is 5.54 Å². The van der Waals surface area contributed by atoms with Gasteiger partial charge in [-0.2, -0.15) is 4.98 Å². The molecule has 0 radical (unpaired) electrons. The first-order chi connectivity index (χ1) is 11.7. The quantitative estimate of drug-likeness (QED) is 0.563. The van der Waals surface area contributed by atoms with Crippen LogP contribution in [0.1, 0.15) is 30.7 Å². The highest BCUT2D eigenvalue weighted by atomic mass is 35.5. The van der Waals surface area contributed by atoms with Gasteiger partial charge in [-0.05, 0) is 31.6 Å². The van der Waals surface area contributed by atoms with Gasteiger partial charge in [-0.25, -0.2) is 0 Å². The Morgan fingerprint density at radius 3 is 2.64 bits per heavy atom. The van der Waals surface area contributed by atoms with E-state index >= 15 is 0 Å². The molecule has 0 spiro atoms. The third-order valence-electron chi connectivity index (χ3n) is 5.14. The molecule has 1 aliphatic carbocycles. The van der Waals surface area contributed by atoms with Gasteiger partial charge in [0.25, 0.3) is 5.89 Å². The largest absolute Gasteiger partial charge is 0.450 e. The van der Waals surface area contributed by atoms with E-state index in [0.29, 0.717) is 17.5 Å². The molecule has 0 unspecified atom stereocenters. The molecule has 0 atom stereocenters. The molecule has 1 fully saturated rings. The van der Waals surface area contributed by atoms with Crippen molar-refractivity contribution in [2.45, 2.75) is 31.7 Å². The maximum atomic E-state index is 6.29. The molecule has 0 aliphatic heterocycles. The first-order valence-electron chi connectivity index (χ1n) is 8.20. The summed E-state index contributed by atoms with van der Waals surface area (Å²) in [7, 11) is 0. The van der Waals surface area contributed by atoms with Gasteiger partial charge in [0.2, 0.25) is 0 Å². The second-order valence-corrected chi connectivity index (χ2v) is 6.65. The van der Waals surface area contributed by atoms with Crippen LogP contribution in [0.5, 0.6) is 0 Å². The zero-order valence-corrected chi connectivity index (χ0v) is 14.6. The lowest BCUT2D eigenvalue weighted by Gasteiger charge is -2.34. The highest BCUT2D eigenvalue weighted by molar-refractivity contribution is 6.06. The van der Waals surface area contributed by atoms with Crippen molar-refractivity contribution in [2.24, 2.45) is 5.73 Å². The number of nitrogens with two attached hydrogens (primary N) is 1. The lowest BCUT2D eigenvalue weighted by molar-refractivity contribution is 0.229. The number of aryl methyl sites for hydroxylation is 1. The van der Waals surface area contributed by atoms with E-state index in [1.54, 1.807) is 0 Å². The third kappa shape index (κ3) is 2.27. The van der Waals surface area contributed by atoms with Crippen molar-refractivity contribution in [1.29, 1.82) is 0 Å². The molecule has 0 bridgehead atoms. The molecule has 2 N–H and O–H groups in total. The Morgan fingerprint density at radius 2 is 1.88 bits per heavy atom. The zero-order chi connectivity index (χ0) is 16.3. The Kier molecular flexibility index (Phi) is 3.60. The minimum Gasteiger partial charge on any atom is -0.450 e. The second-order valence-electron chi connectivity index (χ2n) is 6.65. The molecule has 1 aliphatic rings. The van der Waals surface area contributed by atoms with E-state index in [-0.39, 0.29) is 12.4 Å². The Bertz CT molecular complexity index is 1080. The average Bonchev–Trinajstić information content (AvgIpc) is 3.18. The van der Waals surface area contributed by atoms with Crippen LogP contribution in [-0.2, 0) is 5.54 Å². The number of hydrogen-bond donors (Lipinski definition) is 1. The number of halogens is 1. The van der Waals surface area contributed by atoms with Crippen molar-refractivity contribution in [3.05, 3.63) is 47.8 Å². The molecule has 2 heterocycles. The van der Waals surface area contributed by atoms with Crippen LogP contribution < -0.4 is 5.73 Å². The number of furan rings is 1. The van der Waals surface area contributed by atoms with Crippen LogP contribution in [0.3, 0.4) is 0 Å². The molecule has 25 heavy (non-hydrogen) atoms. The number of aromatic nitrogens is 2. The predicted octanol–water partition coefficient (Wildman–Crippen LogP) is 4.70. The van der Waals surface area contributed by atoms with Gasteiger partial charge in [-0.1, -0.05) is 41.6 Å². The molecule has 0 amide bonds. The minimum atomic E-state index is -0.436. The molecule has 1 saturated carbocycles. The summed E-state index contributed by atoms with van der Waals surface area (Å²) in [6, 6.07) is 12.4. The van der Waals surface area contributed by atoms with E-state index in [0.717, 1.165) is 46.6 Å². The van der Waals surface area contributed by atoms with Gasteiger partial charge in [-0.3, -0.25) is 0 Å². The monoisotopic (exact) mass is 355 g/mol. The highest BCUT2D eigenvalue weighted by Crippen LogP contribution is 2.40. The van der Waals surface area contributed by atoms with Crippen molar-refractivity contribution >= 4 is 34.1 Å². The normalized spacial score (nSPS) is 15.9. The number of nitrogens with zero attached hydrogens (tertiary/aromatic N) is 2. The molecule has 5 rings (SSSR count). The van der Waals surface area contributed by atoms with Crippen molar-refractivity contribution in [3.8, 4) is 11.7 Å². The molecule has 6 heteroatoms. The van der Waals surface area contributed by atoms with E-state index in [4.69, 9.17) is 14.7 Å². The zero-order valence-electron chi connectivity index (χ0n) is 13.8. The fourth-order valence-corrected chi connectivity index (χ4v) is 3.45. The average molecular weight is 356 g/mol. The lowest BCUT2D eigenvalue weighted by atomic mass is 9.77. The van der Waals surface area contributed by atoms with Crippen molar-refractivity contribution in [3.63, 3.8) is 0 Å². The Balaban J connectivity index is 0.00000157. The van der Waals surface area contributed by atoms with Gasteiger partial charge in [0.15, 0.2) is 11.6 Å². The molecule has 5 nitrogen and oxygen atoms in total. The van der Waals surface area contributed by atoms with Crippen LogP contribution in [0.25, 0.3) is 33.4 Å². The summed E-state index contributed by atoms with van der Waals surface area (Å²) in [5, 5.41) is 7.38. The van der Waals surface area contributed by atoms with Crippen LogP contribution >= 0.6 is 12.4 Å². The minimum absolute atomic E-state index is 0. The maximum Gasteiger partial charge on any atom is 0.294 e. The summed E-state index contributed by atoms with van der Waals surface area (Å²) in [4.78, 5) is 4.51. The highest BCUT2D eigenvalue weighted by Gasteiger charge is 2.39. The van der Waals surface area contributed by atoms with Crippen LogP contribution in [0.15, 0.2) is 45.3 Å². The summed E-state index contributed by atoms with van der Waals surface area (Å²) in [6.45, 7) is 2.02. The van der Waals surface area contributed by atoms with E-state index in [2.05, 4.69) is 34.4 Å². The molecule has 128 valence electrons. The molecule has 4 aromatic rings. The van der Waals surface area contributed by atoms with E-state index < -0.39 is 5.54 Å². The molecule has 2 aromatic heterocycles. The number of rotatable bonds is 2.